The van der Waals surface area contributed by atoms with Gasteiger partial charge in [-0.1, -0.05) is 0 Å². The van der Waals surface area contributed by atoms with Gasteiger partial charge in [0.15, 0.2) is 0 Å². The summed E-state index contributed by atoms with van der Waals surface area (Å²) in [5.41, 5.74) is 2.85. The van der Waals surface area contributed by atoms with Gasteiger partial charge in [-0.05, 0) is 0 Å². The van der Waals surface area contributed by atoms with Gasteiger partial charge in [0.2, 0.25) is 0 Å². The maximum atomic E-state index is 6.28. The molecule has 0 aromatic carbocycles. The van der Waals surface area contributed by atoms with Crippen LogP contribution < -0.4 is 0 Å². The fourth-order valence-electron chi connectivity index (χ4n) is 2.98. The van der Waals surface area contributed by atoms with E-state index in [1.165, 1.54) is 11.1 Å². The van der Waals surface area contributed by atoms with Crippen LogP contribution in [0.4, 0.5) is 0 Å². The molecule has 0 saturated heterocycles. The van der Waals surface area contributed by atoms with Gasteiger partial charge in [0.25, 0.3) is 0 Å². The molecule has 170 valence electrons. The predicted molar refractivity (Wildman–Crippen MR) is 138 cm³/mol. The topological polar surface area (TPSA) is 11.3 Å². The minimum atomic E-state index is -0.0253. The molecule has 0 bridgehead atoms. The van der Waals surface area contributed by atoms with Crippen molar-refractivity contribution in [3.05, 3.63) is 68.0 Å². The summed E-state index contributed by atoms with van der Waals surface area (Å²) in [5.74, 6) is 2.05. The van der Waals surface area contributed by atoms with Crippen molar-refractivity contribution in [3.63, 3.8) is 0 Å². The van der Waals surface area contributed by atoms with E-state index in [1.807, 2.05) is 0 Å². The second-order valence-electron chi connectivity index (χ2n) is 12.8. The van der Waals surface area contributed by atoms with E-state index in [0.717, 1.165) is 11.5 Å². The molecule has 1 aromatic rings. The Morgan fingerprint density at radius 3 is 1.42 bits per heavy atom. The van der Waals surface area contributed by atoms with E-state index in [1.54, 1.807) is 8.94 Å². The van der Waals surface area contributed by atoms with Crippen LogP contribution in [-0.4, -0.2) is 15.0 Å². The Morgan fingerprint density at radius 1 is 0.645 bits per heavy atom. The first-order valence-corrected chi connectivity index (χ1v) is 13.1. The van der Waals surface area contributed by atoms with E-state index in [2.05, 4.69) is 126 Å². The van der Waals surface area contributed by atoms with Gasteiger partial charge >= 0.3 is 198 Å². The summed E-state index contributed by atoms with van der Waals surface area (Å²) >= 11 is 0.418. The van der Waals surface area contributed by atoms with Crippen LogP contribution in [0.3, 0.4) is 0 Å². The van der Waals surface area contributed by atoms with E-state index in [-0.39, 0.29) is 21.7 Å². The van der Waals surface area contributed by atoms with Gasteiger partial charge in [-0.25, -0.2) is 0 Å². The van der Waals surface area contributed by atoms with Crippen molar-refractivity contribution in [3.8, 4) is 0 Å². The molecule has 0 saturated carbocycles. The minimum absolute atomic E-state index is 0.0253. The summed E-state index contributed by atoms with van der Waals surface area (Å²) in [7, 11) is 0. The Hall–Kier alpha value is -1.37. The zero-order chi connectivity index (χ0) is 23.8. The quantitative estimate of drug-likeness (QED) is 0.301. The third kappa shape index (κ3) is 7.33. The first-order valence-electron chi connectivity index (χ1n) is 11.4. The Morgan fingerprint density at radius 2 is 1.06 bits per heavy atom. The number of allylic oxidation sites excluding steroid dienone is 7. The van der Waals surface area contributed by atoms with E-state index in [4.69, 9.17) is 4.42 Å². The van der Waals surface area contributed by atoms with Gasteiger partial charge in [0.1, 0.15) is 0 Å². The van der Waals surface area contributed by atoms with E-state index >= 15 is 0 Å². The summed E-state index contributed by atoms with van der Waals surface area (Å²) in [4.78, 5) is 0. The summed E-state index contributed by atoms with van der Waals surface area (Å²) < 4.78 is 9.41. The zero-order valence-electron chi connectivity index (χ0n) is 21.9. The van der Waals surface area contributed by atoms with Crippen molar-refractivity contribution in [2.75, 3.05) is 0 Å². The Bertz CT molecular complexity index is 863. The number of hydrogen-bond acceptors (Lipinski definition) is 0. The average molecular weight is 487 g/mol. The molecular weight excluding hydrogens is 443 g/mol. The molecule has 1 aliphatic rings. The van der Waals surface area contributed by atoms with Gasteiger partial charge in [0, 0.05) is 0 Å². The molecular formula is C29H43OSe+. The van der Waals surface area contributed by atoms with E-state index in [9.17, 15) is 0 Å². The fraction of sp³-hybridized carbons (Fsp3) is 0.552. The van der Waals surface area contributed by atoms with Crippen LogP contribution in [0.2, 0.25) is 0 Å². The summed E-state index contributed by atoms with van der Waals surface area (Å²) in [6.45, 7) is 27.2. The van der Waals surface area contributed by atoms with E-state index in [0.29, 0.717) is 15.0 Å². The van der Waals surface area contributed by atoms with Crippen LogP contribution in [-0.2, 0) is 10.8 Å². The zero-order valence-corrected chi connectivity index (χ0v) is 23.6. The first kappa shape index (κ1) is 25.9. The monoisotopic (exact) mass is 487 g/mol. The molecule has 0 N–H and O–H groups in total. The molecule has 1 aliphatic heterocycles. The second kappa shape index (κ2) is 8.87. The van der Waals surface area contributed by atoms with Crippen molar-refractivity contribution in [2.24, 2.45) is 10.8 Å². The van der Waals surface area contributed by atoms with Crippen molar-refractivity contribution in [2.45, 2.75) is 93.9 Å². The summed E-state index contributed by atoms with van der Waals surface area (Å²) in [5, 5.41) is 0. The molecule has 0 amide bonds. The van der Waals surface area contributed by atoms with Crippen molar-refractivity contribution in [1.82, 2.24) is 0 Å². The van der Waals surface area contributed by atoms with Crippen molar-refractivity contribution < 1.29 is 4.42 Å². The van der Waals surface area contributed by atoms with Crippen LogP contribution in [0, 0.1) is 10.8 Å². The van der Waals surface area contributed by atoms with Gasteiger partial charge in [-0.15, -0.1) is 0 Å². The van der Waals surface area contributed by atoms with Gasteiger partial charge in [0.05, 0.1) is 0 Å². The second-order valence-corrected chi connectivity index (χ2v) is 15.0. The molecule has 2 rings (SSSR count). The average Bonchev–Trinajstić information content (AvgIpc) is 2.58. The Kier molecular flexibility index (Phi) is 7.41. The van der Waals surface area contributed by atoms with Crippen molar-refractivity contribution >= 4 is 21.0 Å². The van der Waals surface area contributed by atoms with Gasteiger partial charge < -0.3 is 0 Å². The molecule has 0 unspecified atom stereocenters. The molecule has 31 heavy (non-hydrogen) atoms. The maximum absolute atomic E-state index is 6.28. The van der Waals surface area contributed by atoms with Crippen molar-refractivity contribution in [1.29, 1.82) is 0 Å². The van der Waals surface area contributed by atoms with Crippen LogP contribution in [0.15, 0.2) is 55.4 Å². The normalized spacial score (nSPS) is 16.5. The molecule has 1 aromatic heterocycles. The van der Waals surface area contributed by atoms with Gasteiger partial charge in [-0.3, -0.25) is 0 Å². The van der Waals surface area contributed by atoms with Gasteiger partial charge in [-0.2, -0.15) is 0 Å². The molecule has 0 aliphatic carbocycles. The molecule has 1 nitrogen and oxygen atoms in total. The standard InChI is InChI=1S/C29H43OSe/c1-26(2,3)22-16-20(17-23(30-22)27(4,5)6)14-13-15-21-18-24(28(7,8)9)31-25(19-21)29(10,11)12/h13-19H,1-12H3/q+1/b14-13+. The molecule has 2 heterocycles. The Balaban J connectivity index is 2.47. The fourth-order valence-corrected chi connectivity index (χ4v) is 5.58. The van der Waals surface area contributed by atoms with Crippen LogP contribution in [0.1, 0.15) is 100 Å². The van der Waals surface area contributed by atoms with Crippen LogP contribution >= 0.6 is 0 Å². The summed E-state index contributed by atoms with van der Waals surface area (Å²) in [6, 6.07) is 4.36. The first-order chi connectivity index (χ1) is 13.9. The third-order valence-corrected chi connectivity index (χ3v) is 9.15. The Labute approximate surface area is 198 Å². The van der Waals surface area contributed by atoms with E-state index < -0.39 is 0 Å². The molecule has 0 fully saturated rings. The number of hydrogen-bond donors (Lipinski definition) is 0. The molecule has 2 heteroatoms. The molecule has 0 atom stereocenters. The number of rotatable bonds is 2. The predicted octanol–water partition coefficient (Wildman–Crippen LogP) is 8.67. The SMILES string of the molecule is CC(C)(C)C1=CC(=C/C=C/c2cc(C(C)(C)C)[o+]c(C(C)(C)C)c2)C=C(C(C)(C)C)[Se]1. The van der Waals surface area contributed by atoms with Crippen LogP contribution in [0.25, 0.3) is 6.08 Å². The molecule has 0 spiro atoms. The third-order valence-electron chi connectivity index (χ3n) is 5.17. The summed E-state index contributed by atoms with van der Waals surface area (Å²) in [6.07, 6.45) is 11.5. The molecule has 0 radical (unpaired) electrons. The van der Waals surface area contributed by atoms with Crippen LogP contribution in [0.5, 0.6) is 0 Å².